The van der Waals surface area contributed by atoms with Crippen molar-refractivity contribution in [3.05, 3.63) is 36.3 Å². The van der Waals surface area contributed by atoms with E-state index in [9.17, 15) is 0 Å². The predicted octanol–water partition coefficient (Wildman–Crippen LogP) is 2.70. The normalized spacial score (nSPS) is 11.5. The molecule has 3 aromatic rings. The minimum absolute atomic E-state index is 0.276. The lowest BCUT2D eigenvalue weighted by Gasteiger charge is -2.04. The maximum absolute atomic E-state index is 4.49. The fourth-order valence-corrected chi connectivity index (χ4v) is 1.79. The van der Waals surface area contributed by atoms with Crippen LogP contribution in [0.4, 0.5) is 0 Å². The number of pyridine rings is 1. The molecule has 0 atom stereocenters. The number of nitrogens with zero attached hydrogens (tertiary/aromatic N) is 4. The molecule has 17 heavy (non-hydrogen) atoms. The molecule has 0 aliphatic rings. The zero-order chi connectivity index (χ0) is 11.8. The van der Waals surface area contributed by atoms with Crippen LogP contribution in [0.2, 0.25) is 0 Å². The Morgan fingerprint density at radius 2 is 1.82 bits per heavy atom. The third kappa shape index (κ3) is 1.62. The molecule has 0 saturated carbocycles. The summed E-state index contributed by atoms with van der Waals surface area (Å²) in [5.41, 5.74) is 2.55. The van der Waals surface area contributed by atoms with Gasteiger partial charge in [0.05, 0.1) is 11.7 Å². The van der Waals surface area contributed by atoms with Crippen molar-refractivity contribution in [1.82, 2.24) is 20.2 Å². The molecular weight excluding hydrogens is 212 g/mol. The van der Waals surface area contributed by atoms with Crippen molar-refractivity contribution in [2.45, 2.75) is 19.8 Å². The summed E-state index contributed by atoms with van der Waals surface area (Å²) < 4.78 is 0. The molecule has 4 heteroatoms. The molecule has 0 amide bonds. The summed E-state index contributed by atoms with van der Waals surface area (Å²) in [5.74, 6) is 1.04. The monoisotopic (exact) mass is 224 g/mol. The van der Waals surface area contributed by atoms with E-state index in [1.54, 1.807) is 6.20 Å². The number of benzene rings is 1. The summed E-state index contributed by atoms with van der Waals surface area (Å²) in [7, 11) is 0. The fraction of sp³-hybridized carbons (Fsp3) is 0.231. The maximum Gasteiger partial charge on any atom is 0.154 e. The van der Waals surface area contributed by atoms with E-state index >= 15 is 0 Å². The second-order valence-electron chi connectivity index (χ2n) is 4.33. The Balaban J connectivity index is 2.37. The van der Waals surface area contributed by atoms with E-state index in [1.165, 1.54) is 0 Å². The first kappa shape index (κ1) is 10.1. The Bertz CT molecular complexity index is 691. The van der Waals surface area contributed by atoms with E-state index in [1.807, 2.05) is 24.3 Å². The average molecular weight is 224 g/mol. The van der Waals surface area contributed by atoms with Crippen LogP contribution < -0.4 is 0 Å². The van der Waals surface area contributed by atoms with Crippen LogP contribution in [0.3, 0.4) is 0 Å². The number of aromatic nitrogens is 4. The van der Waals surface area contributed by atoms with Crippen molar-refractivity contribution in [2.24, 2.45) is 0 Å². The van der Waals surface area contributed by atoms with Gasteiger partial charge in [-0.05, 0) is 6.07 Å². The van der Waals surface area contributed by atoms with Gasteiger partial charge in [-0.3, -0.25) is 4.98 Å². The first-order chi connectivity index (χ1) is 8.25. The van der Waals surface area contributed by atoms with Gasteiger partial charge in [-0.25, -0.2) is 4.98 Å². The Hall–Kier alpha value is -2.10. The number of hydrogen-bond acceptors (Lipinski definition) is 4. The lowest BCUT2D eigenvalue weighted by atomic mass is 10.2. The van der Waals surface area contributed by atoms with Crippen molar-refractivity contribution in [1.29, 1.82) is 0 Å². The topological polar surface area (TPSA) is 51.6 Å². The molecule has 0 bridgehead atoms. The van der Waals surface area contributed by atoms with E-state index < -0.39 is 0 Å². The molecule has 0 unspecified atom stereocenters. The summed E-state index contributed by atoms with van der Waals surface area (Å²) in [6, 6.07) is 7.90. The van der Waals surface area contributed by atoms with Gasteiger partial charge < -0.3 is 0 Å². The zero-order valence-electron chi connectivity index (χ0n) is 9.75. The zero-order valence-corrected chi connectivity index (χ0v) is 9.75. The standard InChI is InChI=1S/C13H12N4/c1-8(2)13-15-11-7-14-10-6-4-3-5-9(10)12(11)16-17-13/h3-8H,1-2H3. The molecule has 1 aromatic carbocycles. The molecule has 0 radical (unpaired) electrons. The molecule has 84 valence electrons. The van der Waals surface area contributed by atoms with Gasteiger partial charge >= 0.3 is 0 Å². The van der Waals surface area contributed by atoms with Gasteiger partial charge in [-0.15, -0.1) is 10.2 Å². The van der Waals surface area contributed by atoms with Crippen LogP contribution in [0.15, 0.2) is 30.5 Å². The molecule has 0 N–H and O–H groups in total. The molecule has 0 aliphatic heterocycles. The van der Waals surface area contributed by atoms with Crippen molar-refractivity contribution in [2.75, 3.05) is 0 Å². The summed E-state index contributed by atoms with van der Waals surface area (Å²) >= 11 is 0. The number of para-hydroxylation sites is 1. The molecule has 2 aromatic heterocycles. The Labute approximate surface area is 98.7 Å². The smallest absolute Gasteiger partial charge is 0.154 e. The third-order valence-corrected chi connectivity index (χ3v) is 2.73. The van der Waals surface area contributed by atoms with Gasteiger partial charge in [0.15, 0.2) is 5.82 Å². The Kier molecular flexibility index (Phi) is 2.21. The minimum Gasteiger partial charge on any atom is -0.254 e. The largest absolute Gasteiger partial charge is 0.254 e. The summed E-state index contributed by atoms with van der Waals surface area (Å²) in [6.07, 6.45) is 1.76. The number of hydrogen-bond donors (Lipinski definition) is 0. The van der Waals surface area contributed by atoms with Crippen molar-refractivity contribution < 1.29 is 0 Å². The van der Waals surface area contributed by atoms with E-state index in [4.69, 9.17) is 0 Å². The van der Waals surface area contributed by atoms with Crippen LogP contribution in [0.1, 0.15) is 25.6 Å². The Morgan fingerprint density at radius 3 is 2.65 bits per heavy atom. The average Bonchev–Trinajstić information content (AvgIpc) is 2.38. The first-order valence-electron chi connectivity index (χ1n) is 5.64. The van der Waals surface area contributed by atoms with Crippen LogP contribution in [0.25, 0.3) is 21.9 Å². The van der Waals surface area contributed by atoms with Gasteiger partial charge in [0.25, 0.3) is 0 Å². The van der Waals surface area contributed by atoms with Crippen LogP contribution in [0.5, 0.6) is 0 Å². The number of fused-ring (bicyclic) bond motifs is 3. The van der Waals surface area contributed by atoms with Gasteiger partial charge in [0.1, 0.15) is 11.0 Å². The van der Waals surface area contributed by atoms with Crippen LogP contribution >= 0.6 is 0 Å². The fourth-order valence-electron chi connectivity index (χ4n) is 1.79. The lowest BCUT2D eigenvalue weighted by molar-refractivity contribution is 0.751. The Morgan fingerprint density at radius 1 is 1.00 bits per heavy atom. The SMILES string of the molecule is CC(C)c1nnc2c(cnc3ccccc32)n1. The quantitative estimate of drug-likeness (QED) is 0.596. The minimum atomic E-state index is 0.276. The highest BCUT2D eigenvalue weighted by molar-refractivity contribution is 6.00. The molecule has 0 fully saturated rings. The molecule has 0 saturated heterocycles. The highest BCUT2D eigenvalue weighted by Gasteiger charge is 2.08. The van der Waals surface area contributed by atoms with Crippen molar-refractivity contribution in [3.8, 4) is 0 Å². The number of rotatable bonds is 1. The van der Waals surface area contributed by atoms with Crippen LogP contribution in [-0.2, 0) is 0 Å². The summed E-state index contributed by atoms with van der Waals surface area (Å²) in [5, 5.41) is 9.45. The second-order valence-corrected chi connectivity index (χ2v) is 4.33. The van der Waals surface area contributed by atoms with Gasteiger partial charge in [-0.1, -0.05) is 32.0 Å². The summed E-state index contributed by atoms with van der Waals surface area (Å²) in [6.45, 7) is 4.11. The second kappa shape index (κ2) is 3.73. The van der Waals surface area contributed by atoms with Gasteiger partial charge in [-0.2, -0.15) is 0 Å². The van der Waals surface area contributed by atoms with E-state index in [-0.39, 0.29) is 5.92 Å². The van der Waals surface area contributed by atoms with E-state index in [0.29, 0.717) is 0 Å². The van der Waals surface area contributed by atoms with Crippen molar-refractivity contribution >= 4 is 21.9 Å². The van der Waals surface area contributed by atoms with E-state index in [0.717, 1.165) is 27.8 Å². The molecule has 4 nitrogen and oxygen atoms in total. The van der Waals surface area contributed by atoms with Gasteiger partial charge in [0.2, 0.25) is 0 Å². The van der Waals surface area contributed by atoms with Gasteiger partial charge in [0, 0.05) is 11.3 Å². The maximum atomic E-state index is 4.49. The highest BCUT2D eigenvalue weighted by Crippen LogP contribution is 2.20. The molecule has 3 rings (SSSR count). The molecule has 0 aliphatic carbocycles. The first-order valence-corrected chi connectivity index (χ1v) is 5.64. The molecule has 2 heterocycles. The molecule has 0 spiro atoms. The van der Waals surface area contributed by atoms with E-state index in [2.05, 4.69) is 34.0 Å². The van der Waals surface area contributed by atoms with Crippen LogP contribution in [0, 0.1) is 0 Å². The van der Waals surface area contributed by atoms with Crippen molar-refractivity contribution in [3.63, 3.8) is 0 Å². The lowest BCUT2D eigenvalue weighted by Crippen LogP contribution is -2.01. The third-order valence-electron chi connectivity index (χ3n) is 2.73. The van der Waals surface area contributed by atoms with Crippen LogP contribution in [-0.4, -0.2) is 20.2 Å². The highest BCUT2D eigenvalue weighted by atomic mass is 15.2. The predicted molar refractivity (Wildman–Crippen MR) is 66.7 cm³/mol. The molecular formula is C13H12N4. The summed E-state index contributed by atoms with van der Waals surface area (Å²) in [4.78, 5) is 8.87.